The fourth-order valence-corrected chi connectivity index (χ4v) is 0.935. The topological polar surface area (TPSA) is 46.5 Å². The quantitative estimate of drug-likeness (QED) is 0.404. The van der Waals surface area contributed by atoms with Crippen LogP contribution in [0.5, 0.6) is 0 Å². The lowest BCUT2D eigenvalue weighted by atomic mass is 10.0. The molecule has 0 aromatic rings. The second-order valence-electron chi connectivity index (χ2n) is 3.78. The molecule has 82 valence electrons. The first-order valence-electron chi connectivity index (χ1n) is 4.95. The fourth-order valence-electron chi connectivity index (χ4n) is 0.935. The standard InChI is InChI=1S/C11H20O3/c1-8(2)11(13)14-7-5-6-9(3)10(4)12/h9-10,12H,1,5-7H2,2-4H3. The molecular weight excluding hydrogens is 180 g/mol. The number of ether oxygens (including phenoxy) is 1. The Hall–Kier alpha value is -0.830. The van der Waals surface area contributed by atoms with E-state index in [0.717, 1.165) is 12.8 Å². The van der Waals surface area contributed by atoms with Gasteiger partial charge in [0.1, 0.15) is 0 Å². The first-order chi connectivity index (χ1) is 6.45. The third kappa shape index (κ3) is 5.75. The molecule has 14 heavy (non-hydrogen) atoms. The highest BCUT2D eigenvalue weighted by Gasteiger charge is 2.08. The summed E-state index contributed by atoms with van der Waals surface area (Å²) in [7, 11) is 0. The van der Waals surface area contributed by atoms with E-state index in [2.05, 4.69) is 6.58 Å². The van der Waals surface area contributed by atoms with E-state index in [0.29, 0.717) is 12.2 Å². The van der Waals surface area contributed by atoms with Crippen molar-refractivity contribution < 1.29 is 14.6 Å². The SMILES string of the molecule is C=C(C)C(=O)OCCCC(C)C(C)O. The van der Waals surface area contributed by atoms with Crippen molar-refractivity contribution >= 4 is 5.97 Å². The van der Waals surface area contributed by atoms with Gasteiger partial charge in [-0.25, -0.2) is 4.79 Å². The number of esters is 1. The van der Waals surface area contributed by atoms with Crippen molar-refractivity contribution in [2.24, 2.45) is 5.92 Å². The van der Waals surface area contributed by atoms with Gasteiger partial charge in [0.25, 0.3) is 0 Å². The number of hydrogen-bond donors (Lipinski definition) is 1. The number of aliphatic hydroxyl groups excluding tert-OH is 1. The van der Waals surface area contributed by atoms with Crippen LogP contribution in [0.1, 0.15) is 33.6 Å². The minimum atomic E-state index is -0.338. The van der Waals surface area contributed by atoms with Gasteiger partial charge < -0.3 is 9.84 Å². The van der Waals surface area contributed by atoms with Gasteiger partial charge in [0.15, 0.2) is 0 Å². The predicted octanol–water partition coefficient (Wildman–Crippen LogP) is 1.90. The van der Waals surface area contributed by atoms with Crippen LogP contribution in [0.3, 0.4) is 0 Å². The Kier molecular flexibility index (Phi) is 6.21. The zero-order valence-corrected chi connectivity index (χ0v) is 9.25. The molecule has 3 heteroatoms. The maximum absolute atomic E-state index is 11.0. The molecule has 0 heterocycles. The van der Waals surface area contributed by atoms with Gasteiger partial charge in [-0.2, -0.15) is 0 Å². The molecule has 0 amide bonds. The minimum Gasteiger partial charge on any atom is -0.462 e. The Balaban J connectivity index is 3.47. The highest BCUT2D eigenvalue weighted by Crippen LogP contribution is 2.10. The normalized spacial score (nSPS) is 14.6. The third-order valence-electron chi connectivity index (χ3n) is 2.21. The Labute approximate surface area is 85.8 Å². The van der Waals surface area contributed by atoms with Crippen LogP contribution in [-0.2, 0) is 9.53 Å². The summed E-state index contributed by atoms with van der Waals surface area (Å²) in [5.74, 6) is -0.0896. The summed E-state index contributed by atoms with van der Waals surface area (Å²) in [6, 6.07) is 0. The molecule has 0 bridgehead atoms. The Morgan fingerprint density at radius 3 is 2.50 bits per heavy atom. The molecule has 0 aliphatic rings. The van der Waals surface area contributed by atoms with Crippen LogP contribution in [0.25, 0.3) is 0 Å². The lowest BCUT2D eigenvalue weighted by Gasteiger charge is -2.13. The van der Waals surface area contributed by atoms with Crippen molar-refractivity contribution in [1.29, 1.82) is 0 Å². The van der Waals surface area contributed by atoms with E-state index in [1.807, 2.05) is 6.92 Å². The molecule has 3 nitrogen and oxygen atoms in total. The largest absolute Gasteiger partial charge is 0.462 e. The van der Waals surface area contributed by atoms with Crippen molar-refractivity contribution in [2.75, 3.05) is 6.61 Å². The van der Waals surface area contributed by atoms with Crippen molar-refractivity contribution in [2.45, 2.75) is 39.7 Å². The zero-order chi connectivity index (χ0) is 11.1. The van der Waals surface area contributed by atoms with Gasteiger partial charge in [0.2, 0.25) is 0 Å². The number of carbonyl (C=O) groups is 1. The van der Waals surface area contributed by atoms with Gasteiger partial charge >= 0.3 is 5.97 Å². The second-order valence-corrected chi connectivity index (χ2v) is 3.78. The van der Waals surface area contributed by atoms with E-state index in [4.69, 9.17) is 4.74 Å². The first-order valence-corrected chi connectivity index (χ1v) is 4.95. The smallest absolute Gasteiger partial charge is 0.333 e. The molecule has 0 spiro atoms. The van der Waals surface area contributed by atoms with E-state index >= 15 is 0 Å². The van der Waals surface area contributed by atoms with Crippen molar-refractivity contribution in [3.8, 4) is 0 Å². The van der Waals surface area contributed by atoms with Gasteiger partial charge in [-0.15, -0.1) is 0 Å². The molecule has 0 aromatic carbocycles. The van der Waals surface area contributed by atoms with Gasteiger partial charge in [-0.1, -0.05) is 13.5 Å². The lowest BCUT2D eigenvalue weighted by molar-refractivity contribution is -0.139. The highest BCUT2D eigenvalue weighted by molar-refractivity contribution is 5.86. The Morgan fingerprint density at radius 2 is 2.07 bits per heavy atom. The third-order valence-corrected chi connectivity index (χ3v) is 2.21. The zero-order valence-electron chi connectivity index (χ0n) is 9.25. The number of aliphatic hydroxyl groups is 1. The lowest BCUT2D eigenvalue weighted by Crippen LogP contribution is -2.14. The van der Waals surface area contributed by atoms with E-state index in [-0.39, 0.29) is 18.0 Å². The fraction of sp³-hybridized carbons (Fsp3) is 0.727. The second kappa shape index (κ2) is 6.60. The summed E-state index contributed by atoms with van der Waals surface area (Å²) in [5, 5.41) is 9.20. The maximum atomic E-state index is 11.0. The van der Waals surface area contributed by atoms with Crippen LogP contribution in [0, 0.1) is 5.92 Å². The van der Waals surface area contributed by atoms with E-state index in [9.17, 15) is 9.90 Å². The van der Waals surface area contributed by atoms with E-state index in [1.165, 1.54) is 0 Å². The molecule has 0 radical (unpaired) electrons. The predicted molar refractivity (Wildman–Crippen MR) is 55.9 cm³/mol. The summed E-state index contributed by atoms with van der Waals surface area (Å²) in [5.41, 5.74) is 0.425. The van der Waals surface area contributed by atoms with Gasteiger partial charge in [-0.3, -0.25) is 0 Å². The summed E-state index contributed by atoms with van der Waals surface area (Å²) >= 11 is 0. The highest BCUT2D eigenvalue weighted by atomic mass is 16.5. The monoisotopic (exact) mass is 200 g/mol. The Bertz CT molecular complexity index is 197. The molecule has 0 saturated heterocycles. The molecule has 0 aromatic heterocycles. The van der Waals surface area contributed by atoms with Crippen LogP contribution in [0.2, 0.25) is 0 Å². The van der Waals surface area contributed by atoms with Crippen LogP contribution in [0.15, 0.2) is 12.2 Å². The van der Waals surface area contributed by atoms with Gasteiger partial charge in [-0.05, 0) is 32.6 Å². The summed E-state index contributed by atoms with van der Waals surface area (Å²) in [6.07, 6.45) is 1.35. The number of carbonyl (C=O) groups excluding carboxylic acids is 1. The van der Waals surface area contributed by atoms with Gasteiger partial charge in [0.05, 0.1) is 12.7 Å². The summed E-state index contributed by atoms with van der Waals surface area (Å²) < 4.78 is 4.91. The minimum absolute atomic E-state index is 0.249. The molecule has 0 aliphatic carbocycles. The molecule has 0 rings (SSSR count). The van der Waals surface area contributed by atoms with Crippen LogP contribution in [-0.4, -0.2) is 23.8 Å². The van der Waals surface area contributed by atoms with Gasteiger partial charge in [0, 0.05) is 5.57 Å². The summed E-state index contributed by atoms with van der Waals surface area (Å²) in [4.78, 5) is 11.0. The average molecular weight is 200 g/mol. The number of rotatable bonds is 6. The van der Waals surface area contributed by atoms with Crippen molar-refractivity contribution in [3.05, 3.63) is 12.2 Å². The molecule has 2 atom stereocenters. The van der Waals surface area contributed by atoms with E-state index < -0.39 is 0 Å². The van der Waals surface area contributed by atoms with Crippen LogP contribution < -0.4 is 0 Å². The maximum Gasteiger partial charge on any atom is 0.333 e. The average Bonchev–Trinajstić information content (AvgIpc) is 2.11. The van der Waals surface area contributed by atoms with E-state index in [1.54, 1.807) is 13.8 Å². The molecule has 0 fully saturated rings. The van der Waals surface area contributed by atoms with Crippen LogP contribution in [0.4, 0.5) is 0 Å². The molecule has 0 saturated carbocycles. The summed E-state index contributed by atoms with van der Waals surface area (Å²) in [6.45, 7) is 9.26. The Morgan fingerprint density at radius 1 is 1.50 bits per heavy atom. The van der Waals surface area contributed by atoms with Crippen molar-refractivity contribution in [1.82, 2.24) is 0 Å². The molecule has 0 aliphatic heterocycles. The van der Waals surface area contributed by atoms with Crippen LogP contribution >= 0.6 is 0 Å². The molecular formula is C11H20O3. The number of hydrogen-bond acceptors (Lipinski definition) is 3. The molecule has 2 unspecified atom stereocenters. The first kappa shape index (κ1) is 13.2. The van der Waals surface area contributed by atoms with Crippen molar-refractivity contribution in [3.63, 3.8) is 0 Å². The molecule has 1 N–H and O–H groups in total.